The van der Waals surface area contributed by atoms with Crippen LogP contribution in [0, 0.1) is 10.5 Å². The maximum absolute atomic E-state index is 4.18. The lowest BCUT2D eigenvalue weighted by atomic mass is 9.81. The molecule has 0 amide bonds. The molecule has 1 aromatic heterocycles. The van der Waals surface area contributed by atoms with Crippen LogP contribution in [0.25, 0.3) is 0 Å². The number of nitrogens with zero attached hydrogens (tertiary/aromatic N) is 1. The van der Waals surface area contributed by atoms with Crippen molar-refractivity contribution in [1.29, 1.82) is 0 Å². The molecule has 1 rings (SSSR count). The highest BCUT2D eigenvalue weighted by molar-refractivity contribution is 14.1. The van der Waals surface area contributed by atoms with Crippen molar-refractivity contribution in [2.45, 2.75) is 39.5 Å². The van der Waals surface area contributed by atoms with Gasteiger partial charge in [0.2, 0.25) is 0 Å². The smallest absolute Gasteiger partial charge is 0.0404 e. The second kappa shape index (κ2) is 3.95. The molecule has 0 aromatic carbocycles. The first kappa shape index (κ1) is 11.0. The van der Waals surface area contributed by atoms with Crippen LogP contribution < -0.4 is 0 Å². The van der Waals surface area contributed by atoms with Gasteiger partial charge in [-0.3, -0.25) is 4.98 Å². The summed E-state index contributed by atoms with van der Waals surface area (Å²) in [5.41, 5.74) is 3.02. The minimum Gasteiger partial charge on any atom is -0.263 e. The van der Waals surface area contributed by atoms with Crippen molar-refractivity contribution in [1.82, 2.24) is 4.98 Å². The Bertz CT molecular complexity index is 285. The third-order valence-corrected chi connectivity index (χ3v) is 3.47. The molecule has 0 fully saturated rings. The predicted molar refractivity (Wildman–Crippen MR) is 65.0 cm³/mol. The van der Waals surface area contributed by atoms with Crippen molar-refractivity contribution in [3.63, 3.8) is 0 Å². The van der Waals surface area contributed by atoms with E-state index in [4.69, 9.17) is 0 Å². The maximum Gasteiger partial charge on any atom is 0.0404 e. The van der Waals surface area contributed by atoms with Crippen molar-refractivity contribution in [2.24, 2.45) is 0 Å². The molecule has 1 nitrogen and oxygen atoms in total. The van der Waals surface area contributed by atoms with Gasteiger partial charge in [0.25, 0.3) is 0 Å². The van der Waals surface area contributed by atoms with Gasteiger partial charge in [-0.05, 0) is 52.5 Å². The van der Waals surface area contributed by atoms with Crippen molar-refractivity contribution in [3.05, 3.63) is 27.1 Å². The fourth-order valence-corrected chi connectivity index (χ4v) is 2.88. The minimum absolute atomic E-state index is 0.267. The molecule has 0 unspecified atom stereocenters. The van der Waals surface area contributed by atoms with Crippen LogP contribution in [-0.4, -0.2) is 4.98 Å². The summed E-state index contributed by atoms with van der Waals surface area (Å²) in [5.74, 6) is 0. The van der Waals surface area contributed by atoms with Gasteiger partial charge in [0.05, 0.1) is 0 Å². The largest absolute Gasteiger partial charge is 0.263 e. The Kier molecular flexibility index (Phi) is 3.33. The zero-order valence-corrected chi connectivity index (χ0v) is 10.8. The monoisotopic (exact) mass is 289 g/mol. The standard InChI is InChI=1S/C11H16IN/c1-5-11(3,4)10-8(2)6-13-7-9(10)12/h6-7H,5H2,1-4H3. The molecule has 0 atom stereocenters. The SMILES string of the molecule is CCC(C)(C)c1c(C)cncc1I. The van der Waals surface area contributed by atoms with E-state index in [0.717, 1.165) is 6.42 Å². The van der Waals surface area contributed by atoms with Gasteiger partial charge in [0.15, 0.2) is 0 Å². The summed E-state index contributed by atoms with van der Waals surface area (Å²) in [5, 5.41) is 0. The Morgan fingerprint density at radius 1 is 1.38 bits per heavy atom. The summed E-state index contributed by atoms with van der Waals surface area (Å²) in [6.45, 7) is 8.95. The molecular weight excluding hydrogens is 273 g/mol. The number of pyridine rings is 1. The van der Waals surface area contributed by atoms with Crippen molar-refractivity contribution in [2.75, 3.05) is 0 Å². The van der Waals surface area contributed by atoms with E-state index in [1.807, 2.05) is 12.4 Å². The van der Waals surface area contributed by atoms with Gasteiger partial charge >= 0.3 is 0 Å². The lowest BCUT2D eigenvalue weighted by Crippen LogP contribution is -2.19. The molecule has 0 radical (unpaired) electrons. The van der Waals surface area contributed by atoms with E-state index >= 15 is 0 Å². The highest BCUT2D eigenvalue weighted by Crippen LogP contribution is 2.32. The second-order valence-corrected chi connectivity index (χ2v) is 5.21. The number of halogens is 1. The van der Waals surface area contributed by atoms with Gasteiger partial charge in [-0.15, -0.1) is 0 Å². The van der Waals surface area contributed by atoms with Crippen LogP contribution in [0.1, 0.15) is 38.3 Å². The highest BCUT2D eigenvalue weighted by atomic mass is 127. The third-order valence-electron chi connectivity index (χ3n) is 2.65. The van der Waals surface area contributed by atoms with E-state index in [0.29, 0.717) is 0 Å². The van der Waals surface area contributed by atoms with Crippen LogP contribution in [0.5, 0.6) is 0 Å². The van der Waals surface area contributed by atoms with E-state index in [1.54, 1.807) is 0 Å². The van der Waals surface area contributed by atoms with Gasteiger partial charge < -0.3 is 0 Å². The number of hydrogen-bond donors (Lipinski definition) is 0. The molecule has 0 N–H and O–H groups in total. The van der Waals surface area contributed by atoms with Crippen LogP contribution in [0.3, 0.4) is 0 Å². The summed E-state index contributed by atoms with van der Waals surface area (Å²) in [6.07, 6.45) is 5.06. The molecule has 72 valence electrons. The van der Waals surface area contributed by atoms with E-state index in [-0.39, 0.29) is 5.41 Å². The molecule has 0 spiro atoms. The van der Waals surface area contributed by atoms with Gasteiger partial charge in [-0.1, -0.05) is 20.8 Å². The van der Waals surface area contributed by atoms with Gasteiger partial charge in [0, 0.05) is 16.0 Å². The number of aryl methyl sites for hydroxylation is 1. The van der Waals surface area contributed by atoms with E-state index in [1.165, 1.54) is 14.7 Å². The van der Waals surface area contributed by atoms with Crippen LogP contribution >= 0.6 is 22.6 Å². The zero-order valence-electron chi connectivity index (χ0n) is 8.69. The summed E-state index contributed by atoms with van der Waals surface area (Å²) < 4.78 is 1.28. The first-order chi connectivity index (χ1) is 5.99. The molecule has 0 aliphatic heterocycles. The van der Waals surface area contributed by atoms with E-state index in [9.17, 15) is 0 Å². The molecule has 1 heterocycles. The van der Waals surface area contributed by atoms with E-state index < -0.39 is 0 Å². The molecule has 13 heavy (non-hydrogen) atoms. The number of hydrogen-bond acceptors (Lipinski definition) is 1. The van der Waals surface area contributed by atoms with Crippen LogP contribution in [0.4, 0.5) is 0 Å². The van der Waals surface area contributed by atoms with Crippen molar-refractivity contribution >= 4 is 22.6 Å². The van der Waals surface area contributed by atoms with E-state index in [2.05, 4.69) is 55.3 Å². The maximum atomic E-state index is 4.18. The summed E-state index contributed by atoms with van der Waals surface area (Å²) in [7, 11) is 0. The fraction of sp³-hybridized carbons (Fsp3) is 0.545. The first-order valence-electron chi connectivity index (χ1n) is 4.59. The molecule has 0 saturated carbocycles. The second-order valence-electron chi connectivity index (χ2n) is 4.05. The lowest BCUT2D eigenvalue weighted by molar-refractivity contribution is 0.500. The zero-order chi connectivity index (χ0) is 10.1. The lowest BCUT2D eigenvalue weighted by Gasteiger charge is -2.26. The Morgan fingerprint density at radius 3 is 2.46 bits per heavy atom. The Morgan fingerprint density at radius 2 is 2.00 bits per heavy atom. The number of rotatable bonds is 2. The average molecular weight is 289 g/mol. The van der Waals surface area contributed by atoms with Crippen LogP contribution in [0.2, 0.25) is 0 Å². The summed E-state index contributed by atoms with van der Waals surface area (Å²) in [6, 6.07) is 0. The third kappa shape index (κ3) is 2.22. The molecule has 0 aliphatic rings. The normalized spacial score (nSPS) is 11.8. The fourth-order valence-electron chi connectivity index (χ4n) is 1.57. The number of aromatic nitrogens is 1. The van der Waals surface area contributed by atoms with Crippen molar-refractivity contribution in [3.8, 4) is 0 Å². The topological polar surface area (TPSA) is 12.9 Å². The highest BCUT2D eigenvalue weighted by Gasteiger charge is 2.22. The summed E-state index contributed by atoms with van der Waals surface area (Å²) >= 11 is 2.37. The Labute approximate surface area is 94.1 Å². The summed E-state index contributed by atoms with van der Waals surface area (Å²) in [4.78, 5) is 4.18. The van der Waals surface area contributed by atoms with Gasteiger partial charge in [-0.25, -0.2) is 0 Å². The average Bonchev–Trinajstić information content (AvgIpc) is 2.03. The van der Waals surface area contributed by atoms with Gasteiger partial charge in [-0.2, -0.15) is 0 Å². The molecule has 0 bridgehead atoms. The Hall–Kier alpha value is -0.120. The van der Waals surface area contributed by atoms with Gasteiger partial charge in [0.1, 0.15) is 0 Å². The predicted octanol–water partition coefficient (Wildman–Crippen LogP) is 3.68. The van der Waals surface area contributed by atoms with Crippen LogP contribution in [0.15, 0.2) is 12.4 Å². The molecule has 1 aromatic rings. The first-order valence-corrected chi connectivity index (χ1v) is 5.67. The molecule has 0 aliphatic carbocycles. The van der Waals surface area contributed by atoms with Crippen molar-refractivity contribution < 1.29 is 0 Å². The minimum atomic E-state index is 0.267. The Balaban J connectivity index is 3.28. The molecule has 2 heteroatoms. The molecule has 0 saturated heterocycles. The van der Waals surface area contributed by atoms with Crippen LogP contribution in [-0.2, 0) is 5.41 Å². The quantitative estimate of drug-likeness (QED) is 0.757. The molecular formula is C11H16IN.